The Labute approximate surface area is 120 Å². The molecule has 0 saturated carbocycles. The van der Waals surface area contributed by atoms with E-state index in [2.05, 4.69) is 25.1 Å². The molecular weight excluding hydrogens is 244 g/mol. The molecule has 2 aromatic rings. The maximum atomic E-state index is 9.46. The van der Waals surface area contributed by atoms with Crippen molar-refractivity contribution in [3.05, 3.63) is 70.3 Å². The Bertz CT molecular complexity index is 681. The van der Waals surface area contributed by atoms with Crippen molar-refractivity contribution in [2.75, 3.05) is 0 Å². The van der Waals surface area contributed by atoms with Gasteiger partial charge in [0.2, 0.25) is 0 Å². The highest BCUT2D eigenvalue weighted by Gasteiger charge is 2.12. The van der Waals surface area contributed by atoms with Crippen molar-refractivity contribution in [3.8, 4) is 6.07 Å². The molecule has 0 heterocycles. The minimum absolute atomic E-state index is 0.528. The molecule has 0 spiro atoms. The molecule has 0 aliphatic heterocycles. The summed E-state index contributed by atoms with van der Waals surface area (Å²) in [6.07, 6.45) is 0. The monoisotopic (exact) mass is 262 g/mol. The van der Waals surface area contributed by atoms with Crippen LogP contribution in [0.4, 0.5) is 0 Å². The van der Waals surface area contributed by atoms with Crippen LogP contribution in [0.5, 0.6) is 0 Å². The number of nitrogens with two attached hydrogens (primary N) is 1. The number of nitrogens with zero attached hydrogens (tertiary/aromatic N) is 1. The minimum Gasteiger partial charge on any atom is -0.397 e. The summed E-state index contributed by atoms with van der Waals surface area (Å²) in [5.41, 5.74) is 12.6. The first-order chi connectivity index (χ1) is 9.54. The van der Waals surface area contributed by atoms with Crippen LogP contribution < -0.4 is 5.73 Å². The van der Waals surface area contributed by atoms with Crippen molar-refractivity contribution in [2.24, 2.45) is 5.73 Å². The SMILES string of the molecule is Cc1cc(C)c(/C(N)=C(/C#N)c2ccccc2)c(C)c1. The molecule has 0 aliphatic carbocycles. The third-order valence-corrected chi connectivity index (χ3v) is 3.39. The Hall–Kier alpha value is -2.53. The van der Waals surface area contributed by atoms with Gasteiger partial charge in [-0.25, -0.2) is 0 Å². The number of benzene rings is 2. The Kier molecular flexibility index (Phi) is 3.91. The summed E-state index contributed by atoms with van der Waals surface area (Å²) in [5.74, 6) is 0. The third kappa shape index (κ3) is 2.57. The van der Waals surface area contributed by atoms with Gasteiger partial charge in [0.1, 0.15) is 6.07 Å². The highest BCUT2D eigenvalue weighted by atomic mass is 14.6. The molecule has 0 bridgehead atoms. The highest BCUT2D eigenvalue weighted by molar-refractivity contribution is 5.97. The lowest BCUT2D eigenvalue weighted by atomic mass is 9.93. The summed E-state index contributed by atoms with van der Waals surface area (Å²) in [4.78, 5) is 0. The van der Waals surface area contributed by atoms with Crippen molar-refractivity contribution in [3.63, 3.8) is 0 Å². The standard InChI is InChI=1S/C18H18N2/c1-12-9-13(2)17(14(3)10-12)18(20)16(11-19)15-7-5-4-6-8-15/h4-10H,20H2,1-3H3/b18-16+. The summed E-state index contributed by atoms with van der Waals surface area (Å²) in [6.45, 7) is 6.12. The summed E-state index contributed by atoms with van der Waals surface area (Å²) in [7, 11) is 0. The van der Waals surface area contributed by atoms with E-state index in [4.69, 9.17) is 5.73 Å². The van der Waals surface area contributed by atoms with E-state index in [0.29, 0.717) is 11.3 Å². The average Bonchev–Trinajstić information content (AvgIpc) is 2.39. The Morgan fingerprint density at radius 1 is 1.00 bits per heavy atom. The van der Waals surface area contributed by atoms with Crippen LogP contribution in [0.2, 0.25) is 0 Å². The minimum atomic E-state index is 0.528. The molecule has 0 amide bonds. The van der Waals surface area contributed by atoms with Gasteiger partial charge in [-0.3, -0.25) is 0 Å². The second-order valence-electron chi connectivity index (χ2n) is 5.04. The highest BCUT2D eigenvalue weighted by Crippen LogP contribution is 2.27. The van der Waals surface area contributed by atoms with Gasteiger partial charge in [0.25, 0.3) is 0 Å². The van der Waals surface area contributed by atoms with Crippen molar-refractivity contribution in [1.29, 1.82) is 5.26 Å². The van der Waals surface area contributed by atoms with Gasteiger partial charge in [-0.1, -0.05) is 48.0 Å². The molecule has 0 unspecified atom stereocenters. The van der Waals surface area contributed by atoms with E-state index in [0.717, 1.165) is 22.3 Å². The molecule has 0 aromatic heterocycles. The number of aryl methyl sites for hydroxylation is 3. The summed E-state index contributed by atoms with van der Waals surface area (Å²) < 4.78 is 0. The lowest BCUT2D eigenvalue weighted by Gasteiger charge is -2.13. The van der Waals surface area contributed by atoms with Gasteiger partial charge < -0.3 is 5.73 Å². The van der Waals surface area contributed by atoms with Gasteiger partial charge >= 0.3 is 0 Å². The number of allylic oxidation sites excluding steroid dienone is 1. The van der Waals surface area contributed by atoms with Crippen LogP contribution in [0, 0.1) is 32.1 Å². The molecule has 2 aromatic carbocycles. The third-order valence-electron chi connectivity index (χ3n) is 3.39. The number of nitriles is 1. The van der Waals surface area contributed by atoms with Crippen LogP contribution in [0.15, 0.2) is 42.5 Å². The van der Waals surface area contributed by atoms with Crippen LogP contribution in [0.3, 0.4) is 0 Å². The van der Waals surface area contributed by atoms with Gasteiger partial charge in [-0.05, 0) is 37.5 Å². The van der Waals surface area contributed by atoms with Crippen molar-refractivity contribution in [2.45, 2.75) is 20.8 Å². The molecule has 0 atom stereocenters. The number of hydrogen-bond acceptors (Lipinski definition) is 2. The number of hydrogen-bond donors (Lipinski definition) is 1. The molecular formula is C18H18N2. The lowest BCUT2D eigenvalue weighted by molar-refractivity contribution is 1.27. The van der Waals surface area contributed by atoms with Crippen LogP contribution in [0.1, 0.15) is 27.8 Å². The number of rotatable bonds is 2. The fourth-order valence-corrected chi connectivity index (χ4v) is 2.61. The fourth-order valence-electron chi connectivity index (χ4n) is 2.61. The van der Waals surface area contributed by atoms with Crippen LogP contribution in [0.25, 0.3) is 11.3 Å². The first-order valence-corrected chi connectivity index (χ1v) is 6.58. The Balaban J connectivity index is 2.68. The zero-order valence-corrected chi connectivity index (χ0v) is 12.1. The van der Waals surface area contributed by atoms with Gasteiger partial charge in [-0.15, -0.1) is 0 Å². The van der Waals surface area contributed by atoms with Crippen molar-refractivity contribution < 1.29 is 0 Å². The predicted octanol–water partition coefficient (Wildman–Crippen LogP) is 3.96. The summed E-state index contributed by atoms with van der Waals surface area (Å²) >= 11 is 0. The topological polar surface area (TPSA) is 49.8 Å². The smallest absolute Gasteiger partial charge is 0.102 e. The van der Waals surface area contributed by atoms with Crippen LogP contribution in [-0.2, 0) is 0 Å². The van der Waals surface area contributed by atoms with E-state index < -0.39 is 0 Å². The average molecular weight is 262 g/mol. The van der Waals surface area contributed by atoms with Crippen LogP contribution in [-0.4, -0.2) is 0 Å². The molecule has 0 radical (unpaired) electrons. The van der Waals surface area contributed by atoms with Crippen molar-refractivity contribution in [1.82, 2.24) is 0 Å². The second kappa shape index (κ2) is 5.63. The molecule has 2 rings (SSSR count). The molecule has 2 heteroatoms. The maximum Gasteiger partial charge on any atom is 0.102 e. The molecule has 20 heavy (non-hydrogen) atoms. The summed E-state index contributed by atoms with van der Waals surface area (Å²) in [5, 5.41) is 9.46. The molecule has 2 N–H and O–H groups in total. The molecule has 2 nitrogen and oxygen atoms in total. The predicted molar refractivity (Wildman–Crippen MR) is 83.7 cm³/mol. The van der Waals surface area contributed by atoms with E-state index in [1.54, 1.807) is 0 Å². The second-order valence-corrected chi connectivity index (χ2v) is 5.04. The van der Waals surface area contributed by atoms with Gasteiger partial charge in [0.05, 0.1) is 11.3 Å². The molecule has 0 aliphatic rings. The molecule has 0 fully saturated rings. The van der Waals surface area contributed by atoms with E-state index in [-0.39, 0.29) is 0 Å². The van der Waals surface area contributed by atoms with Gasteiger partial charge in [-0.2, -0.15) is 5.26 Å². The quantitative estimate of drug-likeness (QED) is 0.657. The van der Waals surface area contributed by atoms with Gasteiger partial charge in [0.15, 0.2) is 0 Å². The summed E-state index contributed by atoms with van der Waals surface area (Å²) in [6, 6.07) is 16.0. The zero-order chi connectivity index (χ0) is 14.7. The van der Waals surface area contributed by atoms with Crippen LogP contribution >= 0.6 is 0 Å². The van der Waals surface area contributed by atoms with E-state index >= 15 is 0 Å². The molecule has 100 valence electrons. The normalized spacial score (nSPS) is 11.7. The first kappa shape index (κ1) is 13.9. The van der Waals surface area contributed by atoms with E-state index in [1.165, 1.54) is 5.56 Å². The molecule has 0 saturated heterocycles. The van der Waals surface area contributed by atoms with Crippen molar-refractivity contribution >= 4 is 11.3 Å². The Morgan fingerprint density at radius 2 is 1.55 bits per heavy atom. The fraction of sp³-hybridized carbons (Fsp3) is 0.167. The Morgan fingerprint density at radius 3 is 2.05 bits per heavy atom. The van der Waals surface area contributed by atoms with E-state index in [9.17, 15) is 5.26 Å². The largest absolute Gasteiger partial charge is 0.397 e. The first-order valence-electron chi connectivity index (χ1n) is 6.58. The zero-order valence-electron chi connectivity index (χ0n) is 12.1. The van der Waals surface area contributed by atoms with E-state index in [1.807, 2.05) is 44.2 Å². The van der Waals surface area contributed by atoms with Gasteiger partial charge in [0, 0.05) is 5.56 Å². The lowest BCUT2D eigenvalue weighted by Crippen LogP contribution is -2.05. The maximum absolute atomic E-state index is 9.46.